The first-order valence-electron chi connectivity index (χ1n) is 12.0. The number of halogens is 4. The Hall–Kier alpha value is -2.82. The molecule has 0 saturated carbocycles. The fraction of sp³-hybridized carbons (Fsp3) is 0.346. The number of benzene rings is 2. The minimum absolute atomic E-state index is 0.0332. The Morgan fingerprint density at radius 1 is 1.14 bits per heavy atom. The number of amidine groups is 1. The molecule has 1 aromatic heterocycles. The van der Waals surface area contributed by atoms with E-state index in [0.29, 0.717) is 22.5 Å². The van der Waals surface area contributed by atoms with Gasteiger partial charge in [0.05, 0.1) is 28.7 Å². The van der Waals surface area contributed by atoms with E-state index in [-0.39, 0.29) is 23.0 Å². The maximum absolute atomic E-state index is 13.5. The van der Waals surface area contributed by atoms with Gasteiger partial charge < -0.3 is 9.80 Å². The Labute approximate surface area is 220 Å². The van der Waals surface area contributed by atoms with E-state index in [2.05, 4.69) is 26.9 Å². The van der Waals surface area contributed by atoms with Gasteiger partial charge in [-0.1, -0.05) is 23.7 Å². The lowest BCUT2D eigenvalue weighted by atomic mass is 10.1. The van der Waals surface area contributed by atoms with Gasteiger partial charge in [-0.25, -0.2) is 0 Å². The zero-order valence-electron chi connectivity index (χ0n) is 19.9. The van der Waals surface area contributed by atoms with E-state index in [1.54, 1.807) is 6.20 Å². The number of hydrogen-bond donors (Lipinski definition) is 0. The van der Waals surface area contributed by atoms with Crippen molar-refractivity contribution in [3.8, 4) is 0 Å². The highest BCUT2D eigenvalue weighted by Crippen LogP contribution is 2.38. The Bertz CT molecular complexity index is 1450. The molecule has 2 fully saturated rings. The minimum Gasteiger partial charge on any atom is -0.342 e. The van der Waals surface area contributed by atoms with Crippen molar-refractivity contribution in [3.63, 3.8) is 0 Å². The number of hydrogen-bond acceptors (Lipinski definition) is 5. The van der Waals surface area contributed by atoms with Gasteiger partial charge in [-0.2, -0.15) is 23.3 Å². The number of amides is 1. The molecule has 11 heteroatoms. The molecule has 2 atom stereocenters. The monoisotopic (exact) mass is 545 g/mol. The molecule has 6 rings (SSSR count). The highest BCUT2D eigenvalue weighted by Gasteiger charge is 2.43. The lowest BCUT2D eigenvalue weighted by Crippen LogP contribution is -2.53. The first-order chi connectivity index (χ1) is 17.7. The van der Waals surface area contributed by atoms with Crippen LogP contribution in [0.3, 0.4) is 0 Å². The number of carbonyl (C=O) groups is 1. The Morgan fingerprint density at radius 3 is 2.62 bits per heavy atom. The second kappa shape index (κ2) is 9.18. The molecule has 3 aromatic rings. The number of likely N-dealkylation sites (tertiary alicyclic amines) is 1. The quantitative estimate of drug-likeness (QED) is 0.407. The molecule has 3 aliphatic heterocycles. The summed E-state index contributed by atoms with van der Waals surface area (Å²) in [5, 5.41) is 5.91. The Balaban J connectivity index is 1.22. The molecule has 2 unspecified atom stereocenters. The molecule has 37 heavy (non-hydrogen) atoms. The highest BCUT2D eigenvalue weighted by molar-refractivity contribution is 8.18. The molecule has 0 radical (unpaired) electrons. The average molecular weight is 546 g/mol. The van der Waals surface area contributed by atoms with Crippen LogP contribution in [0.2, 0.25) is 5.02 Å². The highest BCUT2D eigenvalue weighted by atomic mass is 35.5. The van der Waals surface area contributed by atoms with E-state index in [1.165, 1.54) is 28.6 Å². The van der Waals surface area contributed by atoms with Crippen molar-refractivity contribution in [3.05, 3.63) is 69.2 Å². The summed E-state index contributed by atoms with van der Waals surface area (Å²) in [6.07, 6.45) is 1.15. The van der Waals surface area contributed by atoms with Crippen LogP contribution in [0.5, 0.6) is 0 Å². The van der Waals surface area contributed by atoms with Crippen LogP contribution in [0.4, 0.5) is 13.2 Å². The zero-order valence-corrected chi connectivity index (χ0v) is 21.4. The lowest BCUT2D eigenvalue weighted by molar-refractivity contribution is -0.138. The number of carbonyl (C=O) groups excluding carboxylic acids is 1. The van der Waals surface area contributed by atoms with E-state index in [4.69, 9.17) is 11.6 Å². The van der Waals surface area contributed by atoms with Gasteiger partial charge in [-0.05, 0) is 73.1 Å². The van der Waals surface area contributed by atoms with Crippen LogP contribution < -0.4 is 0 Å². The molecular formula is C26H23ClF3N5OS. The molecule has 192 valence electrons. The third-order valence-corrected chi connectivity index (χ3v) is 8.39. The zero-order chi connectivity index (χ0) is 25.9. The van der Waals surface area contributed by atoms with Crippen LogP contribution in [0.25, 0.3) is 17.0 Å². The third kappa shape index (κ3) is 4.66. The van der Waals surface area contributed by atoms with E-state index < -0.39 is 11.7 Å². The molecule has 2 saturated heterocycles. The van der Waals surface area contributed by atoms with Gasteiger partial charge in [0.1, 0.15) is 0 Å². The Kier molecular flexibility index (Phi) is 6.08. The second-order valence-electron chi connectivity index (χ2n) is 9.74. The first kappa shape index (κ1) is 24.5. The number of rotatable bonds is 3. The molecule has 2 bridgehead atoms. The fourth-order valence-electron chi connectivity index (χ4n) is 5.52. The number of fused-ring (bicyclic) bond motifs is 3. The molecule has 0 N–H and O–H groups in total. The summed E-state index contributed by atoms with van der Waals surface area (Å²) in [4.78, 5) is 22.3. The summed E-state index contributed by atoms with van der Waals surface area (Å²) in [6.45, 7) is 1.91. The van der Waals surface area contributed by atoms with Gasteiger partial charge in [0, 0.05) is 35.6 Å². The van der Waals surface area contributed by atoms with Crippen molar-refractivity contribution in [1.82, 2.24) is 19.6 Å². The Morgan fingerprint density at radius 2 is 1.89 bits per heavy atom. The topological polar surface area (TPSA) is 53.7 Å². The van der Waals surface area contributed by atoms with E-state index >= 15 is 0 Å². The van der Waals surface area contributed by atoms with Crippen LogP contribution in [0, 0.1) is 0 Å². The first-order valence-corrected chi connectivity index (χ1v) is 13.2. The molecular weight excluding hydrogens is 523 g/mol. The van der Waals surface area contributed by atoms with Gasteiger partial charge in [0.25, 0.3) is 5.91 Å². The minimum atomic E-state index is -4.52. The molecule has 0 spiro atoms. The lowest BCUT2D eigenvalue weighted by Gasteiger charge is -2.40. The molecule has 4 heterocycles. The summed E-state index contributed by atoms with van der Waals surface area (Å²) in [5.41, 5.74) is 0.819. The van der Waals surface area contributed by atoms with Crippen LogP contribution in [-0.4, -0.2) is 62.9 Å². The number of aromatic nitrogens is 2. The predicted octanol–water partition coefficient (Wildman–Crippen LogP) is 5.51. The fourth-order valence-corrected chi connectivity index (χ4v) is 6.75. The average Bonchev–Trinajstić information content (AvgIpc) is 3.48. The predicted molar refractivity (Wildman–Crippen MR) is 139 cm³/mol. The van der Waals surface area contributed by atoms with Gasteiger partial charge in [0.15, 0.2) is 5.17 Å². The molecule has 2 aromatic carbocycles. The third-order valence-electron chi connectivity index (χ3n) is 7.16. The summed E-state index contributed by atoms with van der Waals surface area (Å²) in [5.74, 6) is -0.239. The van der Waals surface area contributed by atoms with E-state index in [1.807, 2.05) is 24.3 Å². The van der Waals surface area contributed by atoms with Crippen molar-refractivity contribution in [2.45, 2.75) is 37.6 Å². The second-order valence-corrected chi connectivity index (χ2v) is 11.2. The van der Waals surface area contributed by atoms with Crippen LogP contribution in [-0.2, 0) is 17.5 Å². The largest absolute Gasteiger partial charge is 0.416 e. The molecule has 3 aliphatic rings. The maximum atomic E-state index is 13.5. The van der Waals surface area contributed by atoms with Crippen LogP contribution in [0.15, 0.2) is 52.5 Å². The van der Waals surface area contributed by atoms with E-state index in [0.717, 1.165) is 48.1 Å². The van der Waals surface area contributed by atoms with Gasteiger partial charge >= 0.3 is 6.18 Å². The van der Waals surface area contributed by atoms with Crippen molar-refractivity contribution < 1.29 is 18.0 Å². The standard InChI is InChI=1S/C26H23ClF3N5OS/c1-33-13-19-5-6-20(14-33)35(19)25-32-24(36)23(37-25)9-15-2-7-22-17(8-15)11-31-34(22)12-16-3-4-18(27)10-21(16)26(28,29)30/h2-4,7-11,19-20H,5-6,12-14H2,1H3. The summed E-state index contributed by atoms with van der Waals surface area (Å²) in [6, 6.07) is 10.1. The van der Waals surface area contributed by atoms with Crippen molar-refractivity contribution in [2.24, 2.45) is 4.99 Å². The summed E-state index contributed by atoms with van der Waals surface area (Å²) in [7, 11) is 2.13. The van der Waals surface area contributed by atoms with Crippen molar-refractivity contribution >= 4 is 51.4 Å². The number of aliphatic imine (C=N–C) groups is 1. The number of nitrogens with zero attached hydrogens (tertiary/aromatic N) is 5. The van der Waals surface area contributed by atoms with E-state index in [9.17, 15) is 18.0 Å². The molecule has 0 aliphatic carbocycles. The van der Waals surface area contributed by atoms with Crippen molar-refractivity contribution in [2.75, 3.05) is 20.1 Å². The smallest absolute Gasteiger partial charge is 0.342 e. The van der Waals surface area contributed by atoms with Gasteiger partial charge in [0.2, 0.25) is 0 Å². The number of alkyl halides is 3. The molecule has 6 nitrogen and oxygen atoms in total. The summed E-state index contributed by atoms with van der Waals surface area (Å²) < 4.78 is 42.1. The SMILES string of the molecule is CN1CC2CCC(C1)N2C1=NC(=O)C(=Cc2ccc3c(cnn3Cc3ccc(Cl)cc3C(F)(F)F)c2)S1. The number of piperazine rings is 1. The maximum Gasteiger partial charge on any atom is 0.416 e. The number of likely N-dealkylation sites (N-methyl/N-ethyl adjacent to an activating group) is 1. The number of thioether (sulfide) groups is 1. The normalized spacial score (nSPS) is 23.5. The summed E-state index contributed by atoms with van der Waals surface area (Å²) >= 11 is 7.22. The van der Waals surface area contributed by atoms with Gasteiger partial charge in [-0.15, -0.1) is 0 Å². The molecule has 1 amide bonds. The van der Waals surface area contributed by atoms with Crippen molar-refractivity contribution in [1.29, 1.82) is 0 Å². The van der Waals surface area contributed by atoms with Crippen LogP contribution >= 0.6 is 23.4 Å². The van der Waals surface area contributed by atoms with Gasteiger partial charge in [-0.3, -0.25) is 9.48 Å². The van der Waals surface area contributed by atoms with Crippen LogP contribution in [0.1, 0.15) is 29.5 Å².